The van der Waals surface area contributed by atoms with Crippen molar-refractivity contribution in [3.05, 3.63) is 29.8 Å². The number of ether oxygens (including phenoxy) is 4. The van der Waals surface area contributed by atoms with Gasteiger partial charge in [-0.2, -0.15) is 0 Å². The van der Waals surface area contributed by atoms with Crippen molar-refractivity contribution in [3.63, 3.8) is 0 Å². The molecule has 1 aliphatic heterocycles. The van der Waals surface area contributed by atoms with Crippen LogP contribution in [0.25, 0.3) is 0 Å². The molecule has 154 valence electrons. The van der Waals surface area contributed by atoms with Crippen molar-refractivity contribution in [1.82, 2.24) is 0 Å². The molecule has 0 aromatic heterocycles. The van der Waals surface area contributed by atoms with Gasteiger partial charge in [0, 0.05) is 11.8 Å². The Morgan fingerprint density at radius 1 is 1.04 bits per heavy atom. The van der Waals surface area contributed by atoms with Gasteiger partial charge in [-0.3, -0.25) is 14.4 Å². The van der Waals surface area contributed by atoms with Crippen LogP contribution in [0.5, 0.6) is 5.75 Å². The Morgan fingerprint density at radius 3 is 2.14 bits per heavy atom. The zero-order valence-corrected chi connectivity index (χ0v) is 17.0. The zero-order valence-electron chi connectivity index (χ0n) is 17.0. The molecule has 1 aromatic rings. The molecule has 0 aliphatic carbocycles. The molecule has 0 saturated carbocycles. The highest BCUT2D eigenvalue weighted by atomic mass is 16.6. The summed E-state index contributed by atoms with van der Waals surface area (Å²) in [6.07, 6.45) is -0.775. The van der Waals surface area contributed by atoms with E-state index in [0.29, 0.717) is 11.3 Å². The lowest BCUT2D eigenvalue weighted by atomic mass is 9.74. The van der Waals surface area contributed by atoms with Gasteiger partial charge in [0.15, 0.2) is 5.92 Å². The molecule has 0 spiro atoms. The number of hydrogen-bond donors (Lipinski definition) is 0. The molecule has 1 aliphatic rings. The molecule has 28 heavy (non-hydrogen) atoms. The number of methoxy groups -OCH3 is 1. The van der Waals surface area contributed by atoms with Crippen LogP contribution in [0, 0.1) is 11.8 Å². The molecule has 7 heteroatoms. The number of carbonyl (C=O) groups excluding carboxylic acids is 3. The first-order chi connectivity index (χ1) is 13.2. The average molecular weight is 392 g/mol. The molecule has 0 fully saturated rings. The van der Waals surface area contributed by atoms with Crippen molar-refractivity contribution in [2.75, 3.05) is 13.7 Å². The molecule has 0 radical (unpaired) electrons. The van der Waals surface area contributed by atoms with Crippen LogP contribution in [0.1, 0.15) is 45.6 Å². The molecule has 0 bridgehead atoms. The van der Waals surface area contributed by atoms with Gasteiger partial charge in [-0.05, 0) is 39.3 Å². The lowest BCUT2D eigenvalue weighted by Gasteiger charge is -2.36. The van der Waals surface area contributed by atoms with E-state index in [2.05, 4.69) is 0 Å². The topological polar surface area (TPSA) is 88.1 Å². The highest BCUT2D eigenvalue weighted by molar-refractivity contribution is 5.96. The molecule has 2 unspecified atom stereocenters. The van der Waals surface area contributed by atoms with Crippen molar-refractivity contribution in [2.24, 2.45) is 11.8 Å². The van der Waals surface area contributed by atoms with E-state index in [1.54, 1.807) is 45.9 Å². The smallest absolute Gasteiger partial charge is 0.321 e. The van der Waals surface area contributed by atoms with Gasteiger partial charge in [-0.25, -0.2) is 0 Å². The van der Waals surface area contributed by atoms with Gasteiger partial charge in [0.25, 0.3) is 0 Å². The van der Waals surface area contributed by atoms with Crippen LogP contribution in [0.2, 0.25) is 0 Å². The molecular formula is C21H28O7. The van der Waals surface area contributed by atoms with E-state index in [4.69, 9.17) is 18.9 Å². The van der Waals surface area contributed by atoms with Gasteiger partial charge in [-0.15, -0.1) is 0 Å². The highest BCUT2D eigenvalue weighted by Crippen LogP contribution is 2.44. The minimum absolute atomic E-state index is 0.00984. The van der Waals surface area contributed by atoms with Crippen LogP contribution in [-0.4, -0.2) is 43.8 Å². The third-order valence-electron chi connectivity index (χ3n) is 4.47. The van der Waals surface area contributed by atoms with E-state index >= 15 is 0 Å². The largest absolute Gasteiger partial charge is 0.493 e. The lowest BCUT2D eigenvalue weighted by molar-refractivity contribution is -0.169. The molecule has 1 aromatic carbocycles. The molecule has 2 atom stereocenters. The van der Waals surface area contributed by atoms with Gasteiger partial charge >= 0.3 is 17.9 Å². The van der Waals surface area contributed by atoms with E-state index in [9.17, 15) is 14.4 Å². The van der Waals surface area contributed by atoms with Crippen LogP contribution in [-0.2, 0) is 28.6 Å². The van der Waals surface area contributed by atoms with E-state index in [1.165, 1.54) is 7.11 Å². The van der Waals surface area contributed by atoms with Gasteiger partial charge < -0.3 is 18.9 Å². The average Bonchev–Trinajstić information content (AvgIpc) is 2.62. The van der Waals surface area contributed by atoms with Gasteiger partial charge in [0.1, 0.15) is 5.75 Å². The Bertz CT molecular complexity index is 688. The number of fused-ring (bicyclic) bond motifs is 1. The van der Waals surface area contributed by atoms with Crippen molar-refractivity contribution in [2.45, 2.75) is 52.2 Å². The third-order valence-corrected chi connectivity index (χ3v) is 4.47. The predicted molar refractivity (Wildman–Crippen MR) is 101 cm³/mol. The lowest BCUT2D eigenvalue weighted by Crippen LogP contribution is -2.42. The maximum absolute atomic E-state index is 12.9. The van der Waals surface area contributed by atoms with Crippen molar-refractivity contribution in [3.8, 4) is 5.75 Å². The second-order valence-corrected chi connectivity index (χ2v) is 7.36. The summed E-state index contributed by atoms with van der Waals surface area (Å²) in [5, 5.41) is 0. The standard InChI is InChI=1S/C21H28O7/c1-12(2)27-20(23)19(21(24)28-13(3)4)18-14(10-17(22)25-5)11-26-16-9-7-6-8-15(16)18/h6-9,12-14,18-19H,10-11H2,1-5H3. The van der Waals surface area contributed by atoms with Gasteiger partial charge in [0.05, 0.1) is 32.3 Å². The van der Waals surface area contributed by atoms with Crippen LogP contribution in [0.4, 0.5) is 0 Å². The van der Waals surface area contributed by atoms with E-state index in [0.717, 1.165) is 0 Å². The summed E-state index contributed by atoms with van der Waals surface area (Å²) in [6.45, 7) is 7.04. The van der Waals surface area contributed by atoms with Crippen LogP contribution >= 0.6 is 0 Å². The fraction of sp³-hybridized carbons (Fsp3) is 0.571. The quantitative estimate of drug-likeness (QED) is 0.400. The first-order valence-corrected chi connectivity index (χ1v) is 9.44. The summed E-state index contributed by atoms with van der Waals surface area (Å²) >= 11 is 0. The maximum atomic E-state index is 12.9. The number of carbonyl (C=O) groups is 3. The Kier molecular flexibility index (Phi) is 7.43. The summed E-state index contributed by atoms with van der Waals surface area (Å²) in [5.74, 6) is -3.47. The SMILES string of the molecule is COC(=O)CC1COc2ccccc2C1C(C(=O)OC(C)C)C(=O)OC(C)C. The monoisotopic (exact) mass is 392 g/mol. The normalized spacial score (nSPS) is 18.4. The first kappa shape index (κ1) is 21.7. The number of hydrogen-bond acceptors (Lipinski definition) is 7. The molecule has 0 N–H and O–H groups in total. The van der Waals surface area contributed by atoms with Crippen LogP contribution < -0.4 is 4.74 Å². The van der Waals surface area contributed by atoms with Crippen LogP contribution in [0.3, 0.4) is 0 Å². The Morgan fingerprint density at radius 2 is 1.61 bits per heavy atom. The number of esters is 3. The fourth-order valence-corrected chi connectivity index (χ4v) is 3.38. The summed E-state index contributed by atoms with van der Waals surface area (Å²) < 4.78 is 21.3. The summed E-state index contributed by atoms with van der Waals surface area (Å²) in [7, 11) is 1.30. The molecule has 0 saturated heterocycles. The highest BCUT2D eigenvalue weighted by Gasteiger charge is 2.46. The van der Waals surface area contributed by atoms with E-state index in [1.807, 2.05) is 6.07 Å². The minimum Gasteiger partial charge on any atom is -0.493 e. The number of rotatable bonds is 7. The summed E-state index contributed by atoms with van der Waals surface area (Å²) in [6, 6.07) is 7.18. The van der Waals surface area contributed by atoms with Crippen molar-refractivity contribution >= 4 is 17.9 Å². The predicted octanol–water partition coefficient (Wildman–Crippen LogP) is 2.86. The van der Waals surface area contributed by atoms with Gasteiger partial charge in [0.2, 0.25) is 0 Å². The third kappa shape index (κ3) is 5.24. The maximum Gasteiger partial charge on any atom is 0.321 e. The van der Waals surface area contributed by atoms with Gasteiger partial charge in [-0.1, -0.05) is 18.2 Å². The molecular weight excluding hydrogens is 364 g/mol. The summed E-state index contributed by atoms with van der Waals surface area (Å²) in [5.41, 5.74) is 0.675. The van der Waals surface area contributed by atoms with E-state index in [-0.39, 0.29) is 13.0 Å². The first-order valence-electron chi connectivity index (χ1n) is 9.44. The second-order valence-electron chi connectivity index (χ2n) is 7.36. The molecule has 2 rings (SSSR count). The zero-order chi connectivity index (χ0) is 20.8. The second kappa shape index (κ2) is 9.57. The number of benzene rings is 1. The molecule has 1 heterocycles. The fourth-order valence-electron chi connectivity index (χ4n) is 3.38. The Labute approximate surface area is 165 Å². The minimum atomic E-state index is -1.20. The Hall–Kier alpha value is -2.57. The van der Waals surface area contributed by atoms with Crippen molar-refractivity contribution < 1.29 is 33.3 Å². The van der Waals surface area contributed by atoms with Crippen LogP contribution in [0.15, 0.2) is 24.3 Å². The van der Waals surface area contributed by atoms with Crippen molar-refractivity contribution in [1.29, 1.82) is 0 Å². The van der Waals surface area contributed by atoms with E-state index < -0.39 is 47.9 Å². The molecule has 0 amide bonds. The Balaban J connectivity index is 2.50. The number of para-hydroxylation sites is 1. The molecule has 7 nitrogen and oxygen atoms in total. The summed E-state index contributed by atoms with van der Waals surface area (Å²) in [4.78, 5) is 37.8.